The first-order chi connectivity index (χ1) is 15.2. The molecular weight excluding hydrogens is 465 g/mol. The lowest BCUT2D eigenvalue weighted by Gasteiger charge is -2.31. The maximum absolute atomic E-state index is 13.3. The number of rotatable bonds is 10. The molecule has 2 fully saturated rings. The van der Waals surface area contributed by atoms with Crippen molar-refractivity contribution in [1.29, 1.82) is 0 Å². The number of aromatic hydroxyl groups is 1. The summed E-state index contributed by atoms with van der Waals surface area (Å²) >= 11 is 1.37. The molecule has 1 aromatic heterocycles. The molecule has 2 aromatic rings. The number of allylic oxidation sites excluding steroid dienone is 2. The summed E-state index contributed by atoms with van der Waals surface area (Å²) in [6.45, 7) is 1.74. The van der Waals surface area contributed by atoms with Gasteiger partial charge in [0, 0.05) is 33.8 Å². The fourth-order valence-electron chi connectivity index (χ4n) is 5.36. The van der Waals surface area contributed by atoms with Crippen molar-refractivity contribution in [3.05, 3.63) is 35.7 Å². The van der Waals surface area contributed by atoms with Gasteiger partial charge in [0.2, 0.25) is 10.0 Å². The van der Waals surface area contributed by atoms with Crippen molar-refractivity contribution in [1.82, 2.24) is 4.72 Å². The molecule has 0 amide bonds. The molecule has 6 nitrogen and oxygen atoms in total. The Morgan fingerprint density at radius 2 is 2.03 bits per heavy atom. The van der Waals surface area contributed by atoms with Crippen LogP contribution in [0.4, 0.5) is 0 Å². The van der Waals surface area contributed by atoms with Gasteiger partial charge in [0.1, 0.15) is 10.6 Å². The zero-order valence-electron chi connectivity index (χ0n) is 18.3. The molecule has 1 aromatic carbocycles. The van der Waals surface area contributed by atoms with E-state index in [4.69, 9.17) is 0 Å². The summed E-state index contributed by atoms with van der Waals surface area (Å²) in [5.41, 5.74) is 0. The molecular formula is C23H32NO5PS2. The van der Waals surface area contributed by atoms with E-state index in [9.17, 15) is 23.0 Å². The number of sulfonamides is 1. The molecule has 0 spiro atoms. The van der Waals surface area contributed by atoms with Gasteiger partial charge in [-0.15, -0.1) is 11.3 Å². The maximum atomic E-state index is 13.3. The largest absolute Gasteiger partial charge is 0.508 e. The third-order valence-electron chi connectivity index (χ3n) is 7.14. The molecule has 4 rings (SSSR count). The Hall–Kier alpha value is -1.18. The van der Waals surface area contributed by atoms with Gasteiger partial charge in [-0.25, -0.2) is 13.1 Å². The molecule has 0 radical (unpaired) electrons. The smallest absolute Gasteiger partial charge is 0.242 e. The van der Waals surface area contributed by atoms with Gasteiger partial charge >= 0.3 is 0 Å². The Morgan fingerprint density at radius 1 is 1.25 bits per heavy atom. The third-order valence-corrected chi connectivity index (χ3v) is 11.8. The quantitative estimate of drug-likeness (QED) is 0.234. The first-order valence-electron chi connectivity index (χ1n) is 11.4. The molecule has 2 bridgehead atoms. The molecule has 0 aliphatic heterocycles. The highest BCUT2D eigenvalue weighted by molar-refractivity contribution is 7.90. The van der Waals surface area contributed by atoms with Gasteiger partial charge in [0.25, 0.3) is 0 Å². The minimum atomic E-state index is -3.69. The Kier molecular flexibility index (Phi) is 7.18. The molecule has 3 unspecified atom stereocenters. The van der Waals surface area contributed by atoms with E-state index in [0.29, 0.717) is 36.0 Å². The average molecular weight is 498 g/mol. The second-order valence-corrected chi connectivity index (χ2v) is 14.5. The van der Waals surface area contributed by atoms with E-state index >= 15 is 0 Å². The van der Waals surface area contributed by atoms with Crippen LogP contribution in [-0.4, -0.2) is 36.8 Å². The molecule has 2 saturated carbocycles. The van der Waals surface area contributed by atoms with Crippen LogP contribution in [0.3, 0.4) is 0 Å². The summed E-state index contributed by atoms with van der Waals surface area (Å²) in [6.07, 6.45) is 10.5. The Balaban J connectivity index is 1.42. The summed E-state index contributed by atoms with van der Waals surface area (Å²) in [6, 6.07) is 4.76. The van der Waals surface area contributed by atoms with Crippen molar-refractivity contribution in [2.45, 2.75) is 56.4 Å². The molecule has 176 valence electrons. The van der Waals surface area contributed by atoms with E-state index in [-0.39, 0.29) is 22.6 Å². The number of phenolic OH excluding ortho intramolecular Hbond substituents is 1. The van der Waals surface area contributed by atoms with Gasteiger partial charge < -0.3 is 10.00 Å². The Labute approximate surface area is 194 Å². The minimum absolute atomic E-state index is 0.0618. The van der Waals surface area contributed by atoms with Crippen molar-refractivity contribution in [3.63, 3.8) is 0 Å². The zero-order valence-corrected chi connectivity index (χ0v) is 20.8. The van der Waals surface area contributed by atoms with Crippen LogP contribution in [-0.2, 0) is 14.6 Å². The molecule has 32 heavy (non-hydrogen) atoms. The van der Waals surface area contributed by atoms with Crippen LogP contribution >= 0.6 is 18.7 Å². The van der Waals surface area contributed by atoms with Crippen molar-refractivity contribution in [2.24, 2.45) is 17.8 Å². The Morgan fingerprint density at radius 3 is 2.81 bits per heavy atom. The van der Waals surface area contributed by atoms with Gasteiger partial charge in [-0.3, -0.25) is 4.57 Å². The normalized spacial score (nSPS) is 27.4. The molecule has 5 atom stereocenters. The highest BCUT2D eigenvalue weighted by atomic mass is 32.2. The zero-order chi connectivity index (χ0) is 22.9. The Bertz CT molecular complexity index is 1140. The van der Waals surface area contributed by atoms with E-state index in [1.54, 1.807) is 24.4 Å². The number of benzene rings is 1. The van der Waals surface area contributed by atoms with E-state index in [1.165, 1.54) is 17.4 Å². The molecule has 3 N–H and O–H groups in total. The van der Waals surface area contributed by atoms with Gasteiger partial charge in [0.15, 0.2) is 7.37 Å². The number of phenols is 1. The number of fused-ring (bicyclic) bond motifs is 3. The van der Waals surface area contributed by atoms with E-state index in [1.807, 2.05) is 0 Å². The van der Waals surface area contributed by atoms with Crippen molar-refractivity contribution in [3.8, 4) is 5.75 Å². The topological polar surface area (TPSA) is 104 Å². The van der Waals surface area contributed by atoms with Crippen LogP contribution in [0.2, 0.25) is 0 Å². The van der Waals surface area contributed by atoms with Crippen LogP contribution in [0, 0.1) is 17.8 Å². The molecule has 9 heteroatoms. The second-order valence-electron chi connectivity index (χ2n) is 9.16. The highest BCUT2D eigenvalue weighted by Gasteiger charge is 2.48. The monoisotopic (exact) mass is 497 g/mol. The summed E-state index contributed by atoms with van der Waals surface area (Å²) in [5, 5.41) is 12.0. The molecule has 2 aliphatic rings. The fourth-order valence-corrected chi connectivity index (χ4v) is 9.19. The highest BCUT2D eigenvalue weighted by Crippen LogP contribution is 2.50. The summed E-state index contributed by atoms with van der Waals surface area (Å²) in [4.78, 5) is 9.92. The number of thiophene rings is 1. The SMILES string of the molecule is CCP(=O)(O)CCC/C=C\CC1C(NS(=O)(=O)c2csc3ccc(O)cc23)[C@H]2CC[C@H]1C2. The van der Waals surface area contributed by atoms with Gasteiger partial charge in [-0.2, -0.15) is 0 Å². The number of hydrogen-bond acceptors (Lipinski definition) is 5. The van der Waals surface area contributed by atoms with Crippen LogP contribution in [0.1, 0.15) is 45.4 Å². The van der Waals surface area contributed by atoms with Crippen molar-refractivity contribution < 1.29 is 23.0 Å². The van der Waals surface area contributed by atoms with E-state index in [0.717, 1.165) is 36.8 Å². The molecule has 0 saturated heterocycles. The third kappa shape index (κ3) is 5.15. The van der Waals surface area contributed by atoms with Crippen molar-refractivity contribution >= 4 is 38.8 Å². The van der Waals surface area contributed by atoms with Gasteiger partial charge in [-0.1, -0.05) is 19.1 Å². The number of nitrogens with one attached hydrogen (secondary N) is 1. The van der Waals surface area contributed by atoms with Crippen molar-refractivity contribution in [2.75, 3.05) is 12.3 Å². The van der Waals surface area contributed by atoms with E-state index in [2.05, 4.69) is 16.9 Å². The lowest BCUT2D eigenvalue weighted by atomic mass is 9.83. The predicted octanol–water partition coefficient (Wildman–Crippen LogP) is 5.32. The molecule has 1 heterocycles. The number of hydrogen-bond donors (Lipinski definition) is 3. The summed E-state index contributed by atoms with van der Waals surface area (Å²) in [7, 11) is -6.65. The summed E-state index contributed by atoms with van der Waals surface area (Å²) in [5.74, 6) is 1.25. The summed E-state index contributed by atoms with van der Waals surface area (Å²) < 4.78 is 42.2. The van der Waals surface area contributed by atoms with Crippen LogP contribution < -0.4 is 4.72 Å². The second kappa shape index (κ2) is 9.59. The standard InChI is InChI=1S/C23H32NO5PS2/c1-2-30(26,27)12-6-4-3-5-7-19-16-8-9-17(13-16)23(19)24-32(28,29)22-15-31-21-11-10-18(25)14-20(21)22/h3,5,10-11,14-17,19,23-25H,2,4,6-9,12-13H2,1H3,(H,26,27)/b5-3-/t16-,17-,19?,23?/m0/s1. The first kappa shape index (κ1) is 24.0. The van der Waals surface area contributed by atoms with Gasteiger partial charge in [-0.05, 0) is 74.5 Å². The molecule has 2 aliphatic carbocycles. The average Bonchev–Trinajstić information content (AvgIpc) is 3.45. The first-order valence-corrected chi connectivity index (χ1v) is 15.8. The van der Waals surface area contributed by atoms with Crippen LogP contribution in [0.15, 0.2) is 40.6 Å². The van der Waals surface area contributed by atoms with Gasteiger partial charge in [0.05, 0.1) is 0 Å². The minimum Gasteiger partial charge on any atom is -0.508 e. The van der Waals surface area contributed by atoms with Crippen LogP contribution in [0.25, 0.3) is 10.1 Å². The van der Waals surface area contributed by atoms with E-state index < -0.39 is 17.4 Å². The maximum Gasteiger partial charge on any atom is 0.242 e. The number of unbranched alkanes of at least 4 members (excludes halogenated alkanes) is 1. The lowest BCUT2D eigenvalue weighted by molar-refractivity contribution is 0.274. The fraction of sp³-hybridized carbons (Fsp3) is 0.565. The lowest BCUT2D eigenvalue weighted by Crippen LogP contribution is -2.43. The van der Waals surface area contributed by atoms with Crippen LogP contribution in [0.5, 0.6) is 5.75 Å². The predicted molar refractivity (Wildman–Crippen MR) is 130 cm³/mol.